The summed E-state index contributed by atoms with van der Waals surface area (Å²) in [5.74, 6) is 0.671. The molecular formula is C15H14BrN. The van der Waals surface area contributed by atoms with Crippen molar-refractivity contribution in [3.8, 4) is 0 Å². The van der Waals surface area contributed by atoms with Crippen molar-refractivity contribution in [2.45, 2.75) is 12.3 Å². The molecular weight excluding hydrogens is 274 g/mol. The number of benzene rings is 2. The van der Waals surface area contributed by atoms with E-state index in [0.29, 0.717) is 5.92 Å². The molecule has 1 aliphatic rings. The lowest BCUT2D eigenvalue weighted by Crippen LogP contribution is -2.24. The molecule has 1 atom stereocenters. The van der Waals surface area contributed by atoms with Crippen LogP contribution >= 0.6 is 15.9 Å². The molecule has 1 unspecified atom stereocenters. The van der Waals surface area contributed by atoms with E-state index in [2.05, 4.69) is 63.7 Å². The topological polar surface area (TPSA) is 12.0 Å². The van der Waals surface area contributed by atoms with Gasteiger partial charge in [0.1, 0.15) is 0 Å². The second-order valence-corrected chi connectivity index (χ2v) is 5.41. The molecule has 3 rings (SSSR count). The van der Waals surface area contributed by atoms with Gasteiger partial charge in [-0.15, -0.1) is 0 Å². The molecule has 2 aromatic rings. The Bertz CT molecular complexity index is 536. The predicted molar refractivity (Wildman–Crippen MR) is 75.5 cm³/mol. The van der Waals surface area contributed by atoms with Crippen LogP contribution in [0, 0.1) is 0 Å². The maximum Gasteiger partial charge on any atom is 0.0351 e. The largest absolute Gasteiger partial charge is 0.384 e. The zero-order valence-corrected chi connectivity index (χ0v) is 11.1. The van der Waals surface area contributed by atoms with Crippen LogP contribution in [-0.4, -0.2) is 6.54 Å². The van der Waals surface area contributed by atoms with Gasteiger partial charge in [0.15, 0.2) is 0 Å². The van der Waals surface area contributed by atoms with Crippen molar-refractivity contribution in [1.82, 2.24) is 0 Å². The van der Waals surface area contributed by atoms with Gasteiger partial charge in [0.25, 0.3) is 0 Å². The molecule has 2 heteroatoms. The lowest BCUT2D eigenvalue weighted by molar-refractivity contribution is 0.636. The fraction of sp³-hybridized carbons (Fsp3) is 0.200. The van der Waals surface area contributed by atoms with Gasteiger partial charge in [-0.25, -0.2) is 0 Å². The number of anilines is 1. The Morgan fingerprint density at radius 1 is 1.12 bits per heavy atom. The smallest absolute Gasteiger partial charge is 0.0351 e. The molecule has 0 aliphatic heterocycles. The molecule has 0 aromatic heterocycles. The lowest BCUT2D eigenvalue weighted by Gasteiger charge is -2.30. The second-order valence-electron chi connectivity index (χ2n) is 4.49. The molecule has 17 heavy (non-hydrogen) atoms. The van der Waals surface area contributed by atoms with E-state index in [4.69, 9.17) is 0 Å². The second kappa shape index (κ2) is 4.53. The highest BCUT2D eigenvalue weighted by atomic mass is 79.9. The SMILES string of the molecule is Brc1cccc(NCC2Cc3ccccc32)c1. The minimum absolute atomic E-state index is 0.671. The monoisotopic (exact) mass is 287 g/mol. The molecule has 0 heterocycles. The van der Waals surface area contributed by atoms with Crippen molar-refractivity contribution >= 4 is 21.6 Å². The normalized spacial score (nSPS) is 17.1. The van der Waals surface area contributed by atoms with Crippen molar-refractivity contribution in [1.29, 1.82) is 0 Å². The quantitative estimate of drug-likeness (QED) is 0.892. The Labute approximate surface area is 110 Å². The zero-order valence-electron chi connectivity index (χ0n) is 9.49. The van der Waals surface area contributed by atoms with E-state index < -0.39 is 0 Å². The third-order valence-corrected chi connectivity index (χ3v) is 3.83. The van der Waals surface area contributed by atoms with E-state index in [9.17, 15) is 0 Å². The number of fused-ring (bicyclic) bond motifs is 1. The van der Waals surface area contributed by atoms with Gasteiger partial charge in [-0.05, 0) is 35.7 Å². The van der Waals surface area contributed by atoms with Crippen LogP contribution < -0.4 is 5.32 Å². The van der Waals surface area contributed by atoms with Gasteiger partial charge < -0.3 is 5.32 Å². The number of hydrogen-bond donors (Lipinski definition) is 1. The summed E-state index contributed by atoms with van der Waals surface area (Å²) in [7, 11) is 0. The Morgan fingerprint density at radius 3 is 2.82 bits per heavy atom. The van der Waals surface area contributed by atoms with Crippen molar-refractivity contribution in [2.75, 3.05) is 11.9 Å². The number of hydrogen-bond acceptors (Lipinski definition) is 1. The van der Waals surface area contributed by atoms with Crippen LogP contribution in [0.15, 0.2) is 53.0 Å². The molecule has 1 nitrogen and oxygen atoms in total. The van der Waals surface area contributed by atoms with Crippen LogP contribution in [0.1, 0.15) is 17.0 Å². The number of rotatable bonds is 3. The minimum atomic E-state index is 0.671. The molecule has 0 saturated carbocycles. The van der Waals surface area contributed by atoms with Crippen LogP contribution in [0.2, 0.25) is 0 Å². The predicted octanol–water partition coefficient (Wildman–Crippen LogP) is 4.20. The van der Waals surface area contributed by atoms with Crippen LogP contribution in [0.5, 0.6) is 0 Å². The van der Waals surface area contributed by atoms with Crippen LogP contribution in [0.3, 0.4) is 0 Å². The third-order valence-electron chi connectivity index (χ3n) is 3.34. The van der Waals surface area contributed by atoms with Crippen molar-refractivity contribution < 1.29 is 0 Å². The van der Waals surface area contributed by atoms with Gasteiger partial charge in [0.2, 0.25) is 0 Å². The highest BCUT2D eigenvalue weighted by Crippen LogP contribution is 2.34. The first-order valence-electron chi connectivity index (χ1n) is 5.90. The van der Waals surface area contributed by atoms with Crippen molar-refractivity contribution in [3.63, 3.8) is 0 Å². The van der Waals surface area contributed by atoms with E-state index in [-0.39, 0.29) is 0 Å². The molecule has 0 spiro atoms. The Kier molecular flexibility index (Phi) is 2.89. The fourth-order valence-corrected chi connectivity index (χ4v) is 2.78. The zero-order chi connectivity index (χ0) is 11.7. The van der Waals surface area contributed by atoms with Gasteiger partial charge in [-0.2, -0.15) is 0 Å². The first-order valence-corrected chi connectivity index (χ1v) is 6.69. The molecule has 0 saturated heterocycles. The lowest BCUT2D eigenvalue weighted by atomic mass is 9.77. The molecule has 0 bridgehead atoms. The summed E-state index contributed by atoms with van der Waals surface area (Å²) in [4.78, 5) is 0. The van der Waals surface area contributed by atoms with E-state index >= 15 is 0 Å². The van der Waals surface area contributed by atoms with Gasteiger partial charge in [-0.1, -0.05) is 46.3 Å². The minimum Gasteiger partial charge on any atom is -0.384 e. The Hall–Kier alpha value is -1.28. The molecule has 2 aromatic carbocycles. The highest BCUT2D eigenvalue weighted by Gasteiger charge is 2.24. The molecule has 1 N–H and O–H groups in total. The van der Waals surface area contributed by atoms with Gasteiger partial charge in [0.05, 0.1) is 0 Å². The van der Waals surface area contributed by atoms with Crippen LogP contribution in [-0.2, 0) is 6.42 Å². The Morgan fingerprint density at radius 2 is 2.00 bits per heavy atom. The van der Waals surface area contributed by atoms with E-state index in [1.165, 1.54) is 23.2 Å². The summed E-state index contributed by atoms with van der Waals surface area (Å²) in [5, 5.41) is 3.50. The first kappa shape index (κ1) is 10.8. The van der Waals surface area contributed by atoms with E-state index in [0.717, 1.165) is 11.0 Å². The average Bonchev–Trinajstić information content (AvgIpc) is 2.30. The van der Waals surface area contributed by atoms with Crippen LogP contribution in [0.25, 0.3) is 0 Å². The van der Waals surface area contributed by atoms with E-state index in [1.54, 1.807) is 0 Å². The van der Waals surface area contributed by atoms with Crippen LogP contribution in [0.4, 0.5) is 5.69 Å². The maximum absolute atomic E-state index is 3.50. The summed E-state index contributed by atoms with van der Waals surface area (Å²) < 4.78 is 1.12. The van der Waals surface area contributed by atoms with Gasteiger partial charge in [-0.3, -0.25) is 0 Å². The maximum atomic E-state index is 3.50. The van der Waals surface area contributed by atoms with E-state index in [1.807, 2.05) is 6.07 Å². The summed E-state index contributed by atoms with van der Waals surface area (Å²) in [5.41, 5.74) is 4.20. The number of halogens is 1. The van der Waals surface area contributed by atoms with Gasteiger partial charge >= 0.3 is 0 Å². The summed E-state index contributed by atoms with van der Waals surface area (Å²) in [6.07, 6.45) is 1.21. The third kappa shape index (κ3) is 2.22. The Balaban J connectivity index is 1.64. The van der Waals surface area contributed by atoms with Crippen molar-refractivity contribution in [3.05, 3.63) is 64.1 Å². The molecule has 0 amide bonds. The molecule has 86 valence electrons. The van der Waals surface area contributed by atoms with Crippen molar-refractivity contribution in [2.24, 2.45) is 0 Å². The average molecular weight is 288 g/mol. The molecule has 0 fully saturated rings. The number of nitrogens with one attached hydrogen (secondary N) is 1. The molecule has 0 radical (unpaired) electrons. The summed E-state index contributed by atoms with van der Waals surface area (Å²) in [6, 6.07) is 17.0. The standard InChI is InChI=1S/C15H14BrN/c16-13-5-3-6-14(9-13)17-10-12-8-11-4-1-2-7-15(11)12/h1-7,9,12,17H,8,10H2. The molecule has 1 aliphatic carbocycles. The first-order chi connectivity index (χ1) is 8.33. The fourth-order valence-electron chi connectivity index (χ4n) is 2.38. The summed E-state index contributed by atoms with van der Waals surface area (Å²) >= 11 is 3.49. The van der Waals surface area contributed by atoms with Gasteiger partial charge in [0, 0.05) is 22.6 Å². The highest BCUT2D eigenvalue weighted by molar-refractivity contribution is 9.10. The summed E-state index contributed by atoms with van der Waals surface area (Å²) in [6.45, 7) is 1.02.